The van der Waals surface area contributed by atoms with Gasteiger partial charge in [0.05, 0.1) is 13.7 Å². The molecule has 0 atom stereocenters. The van der Waals surface area contributed by atoms with E-state index in [4.69, 9.17) is 10.5 Å². The van der Waals surface area contributed by atoms with Crippen molar-refractivity contribution in [3.8, 4) is 5.75 Å². The molecule has 1 aliphatic rings. The predicted molar refractivity (Wildman–Crippen MR) is 115 cm³/mol. The lowest BCUT2D eigenvalue weighted by atomic mass is 10.1. The lowest BCUT2D eigenvalue weighted by Gasteiger charge is -2.18. The molecule has 0 unspecified atom stereocenters. The second-order valence-corrected chi connectivity index (χ2v) is 6.29. The highest BCUT2D eigenvalue weighted by Gasteiger charge is 2.10. The van der Waals surface area contributed by atoms with Crippen LogP contribution in [0.4, 0.5) is 0 Å². The first-order chi connectivity index (χ1) is 11.7. The van der Waals surface area contributed by atoms with Gasteiger partial charge in [-0.25, -0.2) is 0 Å². The Morgan fingerprint density at radius 3 is 2.68 bits per heavy atom. The summed E-state index contributed by atoms with van der Waals surface area (Å²) in [6.45, 7) is 7.13. The topological polar surface area (TPSA) is 66.1 Å². The summed E-state index contributed by atoms with van der Waals surface area (Å²) in [5.74, 6) is 1.42. The molecule has 1 saturated heterocycles. The molecule has 1 aliphatic heterocycles. The van der Waals surface area contributed by atoms with E-state index < -0.39 is 0 Å². The molecule has 6 nitrogen and oxygen atoms in total. The predicted octanol–water partition coefficient (Wildman–Crippen LogP) is 1.40. The van der Waals surface area contributed by atoms with Crippen LogP contribution in [-0.2, 0) is 6.42 Å². The molecule has 1 aromatic carbocycles. The molecule has 1 heterocycles. The third kappa shape index (κ3) is 8.73. The normalized spacial score (nSPS) is 16.8. The van der Waals surface area contributed by atoms with Crippen molar-refractivity contribution in [3.63, 3.8) is 0 Å². The third-order valence-corrected chi connectivity index (χ3v) is 4.39. The zero-order valence-corrected chi connectivity index (χ0v) is 17.7. The van der Waals surface area contributed by atoms with Crippen LogP contribution in [0.15, 0.2) is 29.3 Å². The molecule has 2 rings (SSSR count). The maximum atomic E-state index is 5.94. The van der Waals surface area contributed by atoms with Crippen LogP contribution in [0.2, 0.25) is 0 Å². The molecule has 25 heavy (non-hydrogen) atoms. The highest BCUT2D eigenvalue weighted by molar-refractivity contribution is 14.0. The van der Waals surface area contributed by atoms with Gasteiger partial charge in [-0.2, -0.15) is 0 Å². The van der Waals surface area contributed by atoms with Gasteiger partial charge in [0, 0.05) is 26.2 Å². The van der Waals surface area contributed by atoms with Crippen LogP contribution < -0.4 is 15.8 Å². The highest BCUT2D eigenvalue weighted by atomic mass is 127. The molecule has 142 valence electrons. The molecule has 0 radical (unpaired) electrons. The van der Waals surface area contributed by atoms with Gasteiger partial charge in [-0.1, -0.05) is 12.1 Å². The summed E-state index contributed by atoms with van der Waals surface area (Å²) in [6, 6.07) is 8.10. The fourth-order valence-electron chi connectivity index (χ4n) is 2.82. The Morgan fingerprint density at radius 2 is 1.96 bits per heavy atom. The Kier molecular flexibility index (Phi) is 10.8. The van der Waals surface area contributed by atoms with Gasteiger partial charge in [-0.05, 0) is 50.7 Å². The average molecular weight is 461 g/mol. The SMILES string of the molecule is COc1ccc(CCNC(N)=NCCN2CCCN(C)CC2)cc1.I. The van der Waals surface area contributed by atoms with Crippen LogP contribution in [0, 0.1) is 0 Å². The van der Waals surface area contributed by atoms with Crippen LogP contribution in [0.3, 0.4) is 0 Å². The summed E-state index contributed by atoms with van der Waals surface area (Å²) < 4.78 is 5.16. The van der Waals surface area contributed by atoms with E-state index in [2.05, 4.69) is 39.3 Å². The first-order valence-corrected chi connectivity index (χ1v) is 8.75. The molecule has 0 saturated carbocycles. The summed E-state index contributed by atoms with van der Waals surface area (Å²) in [7, 11) is 3.87. The van der Waals surface area contributed by atoms with E-state index in [-0.39, 0.29) is 24.0 Å². The van der Waals surface area contributed by atoms with Crippen LogP contribution in [0.25, 0.3) is 0 Å². The molecule has 0 amide bonds. The van der Waals surface area contributed by atoms with Gasteiger partial charge in [0.1, 0.15) is 5.75 Å². The van der Waals surface area contributed by atoms with E-state index in [1.54, 1.807) is 7.11 Å². The smallest absolute Gasteiger partial charge is 0.188 e. The number of aliphatic imine (C=N–C) groups is 1. The summed E-state index contributed by atoms with van der Waals surface area (Å²) >= 11 is 0. The zero-order chi connectivity index (χ0) is 17.2. The number of benzene rings is 1. The van der Waals surface area contributed by atoms with E-state index in [1.165, 1.54) is 18.5 Å². The van der Waals surface area contributed by atoms with E-state index in [9.17, 15) is 0 Å². The fraction of sp³-hybridized carbons (Fsp3) is 0.611. The van der Waals surface area contributed by atoms with E-state index in [1.807, 2.05) is 12.1 Å². The van der Waals surface area contributed by atoms with E-state index >= 15 is 0 Å². The number of ether oxygens (including phenoxy) is 1. The molecule has 0 aliphatic carbocycles. The largest absolute Gasteiger partial charge is 0.497 e. The number of nitrogens with one attached hydrogen (secondary N) is 1. The van der Waals surface area contributed by atoms with Gasteiger partial charge in [0.25, 0.3) is 0 Å². The number of hydrogen-bond acceptors (Lipinski definition) is 4. The number of halogens is 1. The van der Waals surface area contributed by atoms with Crippen LogP contribution >= 0.6 is 24.0 Å². The highest BCUT2D eigenvalue weighted by Crippen LogP contribution is 2.11. The zero-order valence-electron chi connectivity index (χ0n) is 15.4. The van der Waals surface area contributed by atoms with Crippen molar-refractivity contribution in [2.24, 2.45) is 10.7 Å². The van der Waals surface area contributed by atoms with Crippen molar-refractivity contribution in [1.29, 1.82) is 0 Å². The van der Waals surface area contributed by atoms with Gasteiger partial charge >= 0.3 is 0 Å². The summed E-state index contributed by atoms with van der Waals surface area (Å²) in [4.78, 5) is 9.29. The molecule has 7 heteroatoms. The van der Waals surface area contributed by atoms with Crippen molar-refractivity contribution in [2.45, 2.75) is 12.8 Å². The lowest BCUT2D eigenvalue weighted by Crippen LogP contribution is -2.35. The standard InChI is InChI=1S/C18H31N5O.HI/c1-22-11-3-12-23(15-14-22)13-10-21-18(19)20-9-8-16-4-6-17(24-2)7-5-16;/h4-7H,3,8-15H2,1-2H3,(H3,19,20,21);1H. The van der Waals surface area contributed by atoms with Gasteiger partial charge in [-0.15, -0.1) is 24.0 Å². The Bertz CT molecular complexity index is 509. The molecular formula is C18H32IN5O. The number of likely N-dealkylation sites (N-methyl/N-ethyl adjacent to an activating group) is 1. The molecule has 1 aromatic rings. The van der Waals surface area contributed by atoms with Crippen LogP contribution in [0.5, 0.6) is 5.75 Å². The first-order valence-electron chi connectivity index (χ1n) is 8.75. The van der Waals surface area contributed by atoms with Crippen LogP contribution in [-0.4, -0.2) is 75.7 Å². The average Bonchev–Trinajstić information content (AvgIpc) is 2.80. The lowest BCUT2D eigenvalue weighted by molar-refractivity contribution is 0.283. The second-order valence-electron chi connectivity index (χ2n) is 6.29. The second kappa shape index (κ2) is 12.3. The maximum Gasteiger partial charge on any atom is 0.188 e. The minimum absolute atomic E-state index is 0. The molecule has 1 fully saturated rings. The Morgan fingerprint density at radius 1 is 1.20 bits per heavy atom. The summed E-state index contributed by atoms with van der Waals surface area (Å²) in [5, 5.41) is 3.19. The monoisotopic (exact) mass is 461 g/mol. The number of rotatable bonds is 7. The number of methoxy groups -OCH3 is 1. The van der Waals surface area contributed by atoms with Crippen molar-refractivity contribution in [2.75, 3.05) is 60.0 Å². The molecule has 3 N–H and O–H groups in total. The molecule has 0 bridgehead atoms. The van der Waals surface area contributed by atoms with Gasteiger partial charge in [0.15, 0.2) is 5.96 Å². The van der Waals surface area contributed by atoms with Crippen LogP contribution in [0.1, 0.15) is 12.0 Å². The minimum atomic E-state index is 0. The van der Waals surface area contributed by atoms with Crippen molar-refractivity contribution in [1.82, 2.24) is 15.1 Å². The van der Waals surface area contributed by atoms with Gasteiger partial charge in [0.2, 0.25) is 0 Å². The number of guanidine groups is 1. The fourth-order valence-corrected chi connectivity index (χ4v) is 2.82. The van der Waals surface area contributed by atoms with E-state index in [0.717, 1.165) is 51.4 Å². The third-order valence-electron chi connectivity index (χ3n) is 4.39. The molecule has 0 spiro atoms. The summed E-state index contributed by atoms with van der Waals surface area (Å²) in [5.41, 5.74) is 7.20. The van der Waals surface area contributed by atoms with Crippen molar-refractivity contribution in [3.05, 3.63) is 29.8 Å². The van der Waals surface area contributed by atoms with Crippen molar-refractivity contribution >= 4 is 29.9 Å². The summed E-state index contributed by atoms with van der Waals surface area (Å²) in [6.07, 6.45) is 2.15. The van der Waals surface area contributed by atoms with Gasteiger partial charge in [-0.3, -0.25) is 4.99 Å². The maximum absolute atomic E-state index is 5.94. The van der Waals surface area contributed by atoms with E-state index in [0.29, 0.717) is 5.96 Å². The minimum Gasteiger partial charge on any atom is -0.497 e. The Labute approximate surface area is 168 Å². The Balaban J connectivity index is 0.00000312. The molecular weight excluding hydrogens is 429 g/mol. The Hall–Kier alpha value is -1.06. The van der Waals surface area contributed by atoms with Gasteiger partial charge < -0.3 is 25.6 Å². The van der Waals surface area contributed by atoms with Crippen molar-refractivity contribution < 1.29 is 4.74 Å². The quantitative estimate of drug-likeness (QED) is 0.365. The number of nitrogens with zero attached hydrogens (tertiary/aromatic N) is 3. The number of hydrogen-bond donors (Lipinski definition) is 2. The first kappa shape index (κ1) is 22.0. The molecule has 0 aromatic heterocycles. The number of nitrogens with two attached hydrogens (primary N) is 1.